The van der Waals surface area contributed by atoms with Crippen LogP contribution in [0.25, 0.3) is 6.08 Å². The second-order valence-electron chi connectivity index (χ2n) is 6.45. The Morgan fingerprint density at radius 2 is 1.87 bits per heavy atom. The van der Waals surface area contributed by atoms with E-state index in [1.54, 1.807) is 24.3 Å². The van der Waals surface area contributed by atoms with Crippen LogP contribution in [0, 0.1) is 3.57 Å². The molecule has 7 heteroatoms. The Morgan fingerprint density at radius 3 is 2.67 bits per heavy atom. The van der Waals surface area contributed by atoms with Crippen molar-refractivity contribution in [1.29, 1.82) is 0 Å². The summed E-state index contributed by atoms with van der Waals surface area (Å²) in [4.78, 5) is 16.6. The van der Waals surface area contributed by atoms with Gasteiger partial charge in [-0.1, -0.05) is 47.5 Å². The Bertz CT molecular complexity index is 1190. The molecule has 0 radical (unpaired) electrons. The van der Waals surface area contributed by atoms with Crippen LogP contribution in [0.2, 0.25) is 10.0 Å². The van der Waals surface area contributed by atoms with Gasteiger partial charge in [0.25, 0.3) is 0 Å². The molecule has 0 saturated heterocycles. The summed E-state index contributed by atoms with van der Waals surface area (Å²) in [6.07, 6.45) is 1.65. The van der Waals surface area contributed by atoms with Crippen molar-refractivity contribution in [3.8, 4) is 5.75 Å². The molecule has 1 aliphatic rings. The van der Waals surface area contributed by atoms with Gasteiger partial charge in [-0.3, -0.25) is 0 Å². The second-order valence-corrected chi connectivity index (χ2v) is 8.54. The van der Waals surface area contributed by atoms with Crippen molar-refractivity contribution in [3.05, 3.63) is 103 Å². The average Bonchev–Trinajstić information content (AvgIpc) is 3.07. The lowest BCUT2D eigenvalue weighted by atomic mass is 10.2. The maximum atomic E-state index is 12.3. The molecule has 0 aliphatic carbocycles. The van der Waals surface area contributed by atoms with E-state index in [2.05, 4.69) is 33.6 Å². The molecule has 4 rings (SSSR count). The van der Waals surface area contributed by atoms with Gasteiger partial charge in [-0.25, -0.2) is 9.79 Å². The summed E-state index contributed by atoms with van der Waals surface area (Å²) in [5.74, 6) is 0.305. The number of carbonyl (C=O) groups excluding carboxylic acids is 1. The number of esters is 1. The Hall–Kier alpha value is -2.35. The zero-order chi connectivity index (χ0) is 21.1. The predicted molar refractivity (Wildman–Crippen MR) is 127 cm³/mol. The quantitative estimate of drug-likeness (QED) is 0.207. The highest BCUT2D eigenvalue weighted by atomic mass is 127. The molecule has 0 amide bonds. The van der Waals surface area contributed by atoms with E-state index in [0.29, 0.717) is 28.0 Å². The number of hydrogen-bond acceptors (Lipinski definition) is 4. The van der Waals surface area contributed by atoms with Gasteiger partial charge in [0.2, 0.25) is 5.90 Å². The molecule has 4 nitrogen and oxygen atoms in total. The molecule has 0 spiro atoms. The van der Waals surface area contributed by atoms with E-state index >= 15 is 0 Å². The van der Waals surface area contributed by atoms with Gasteiger partial charge in [0.15, 0.2) is 5.70 Å². The molecule has 3 aromatic rings. The minimum Gasteiger partial charge on any atom is -0.489 e. The summed E-state index contributed by atoms with van der Waals surface area (Å²) < 4.78 is 12.3. The number of hydrogen-bond donors (Lipinski definition) is 0. The monoisotopic (exact) mass is 549 g/mol. The lowest BCUT2D eigenvalue weighted by molar-refractivity contribution is -0.129. The standard InChI is InChI=1S/C23H14Cl2INO3/c24-16-7-8-19(20(25)12-16)22-27-21(23(28)30-22)11-14-3-2-6-18(10-14)29-13-15-4-1-5-17(26)9-15/h1-12H,13H2/b21-11-. The Balaban J connectivity index is 1.53. The summed E-state index contributed by atoms with van der Waals surface area (Å²) in [7, 11) is 0. The van der Waals surface area contributed by atoms with Crippen molar-refractivity contribution < 1.29 is 14.3 Å². The van der Waals surface area contributed by atoms with Gasteiger partial charge in [-0.2, -0.15) is 0 Å². The zero-order valence-electron chi connectivity index (χ0n) is 15.4. The van der Waals surface area contributed by atoms with E-state index < -0.39 is 5.97 Å². The average molecular weight is 550 g/mol. The molecular weight excluding hydrogens is 536 g/mol. The number of aliphatic imine (C=N–C) groups is 1. The van der Waals surface area contributed by atoms with Crippen molar-refractivity contribution in [2.75, 3.05) is 0 Å². The number of halogens is 3. The first-order chi connectivity index (χ1) is 14.5. The SMILES string of the molecule is O=C1OC(c2ccc(Cl)cc2Cl)=N/C1=C\c1cccc(OCc2cccc(I)c2)c1. The summed E-state index contributed by atoms with van der Waals surface area (Å²) in [6.45, 7) is 0.455. The Labute approximate surface area is 197 Å². The van der Waals surface area contributed by atoms with E-state index in [-0.39, 0.29) is 11.6 Å². The van der Waals surface area contributed by atoms with Crippen molar-refractivity contribution in [1.82, 2.24) is 0 Å². The van der Waals surface area contributed by atoms with Crippen LogP contribution in [0.1, 0.15) is 16.7 Å². The van der Waals surface area contributed by atoms with Crippen LogP contribution in [0.3, 0.4) is 0 Å². The smallest absolute Gasteiger partial charge is 0.363 e. The third-order valence-electron chi connectivity index (χ3n) is 4.24. The maximum Gasteiger partial charge on any atom is 0.363 e. The van der Waals surface area contributed by atoms with E-state index in [9.17, 15) is 4.79 Å². The number of cyclic esters (lactones) is 1. The fourth-order valence-corrected chi connectivity index (χ4v) is 3.93. The largest absolute Gasteiger partial charge is 0.489 e. The van der Waals surface area contributed by atoms with Gasteiger partial charge in [-0.05, 0) is 82.3 Å². The summed E-state index contributed by atoms with van der Waals surface area (Å²) in [5.41, 5.74) is 2.55. The minimum absolute atomic E-state index is 0.152. The highest BCUT2D eigenvalue weighted by Gasteiger charge is 2.25. The molecule has 0 fully saturated rings. The van der Waals surface area contributed by atoms with Gasteiger partial charge in [-0.15, -0.1) is 0 Å². The van der Waals surface area contributed by atoms with Crippen molar-refractivity contribution in [2.24, 2.45) is 4.99 Å². The third-order valence-corrected chi connectivity index (χ3v) is 5.46. The minimum atomic E-state index is -0.541. The fraction of sp³-hybridized carbons (Fsp3) is 0.0435. The van der Waals surface area contributed by atoms with Gasteiger partial charge >= 0.3 is 5.97 Å². The van der Waals surface area contributed by atoms with Crippen LogP contribution in [0.4, 0.5) is 0 Å². The first-order valence-electron chi connectivity index (χ1n) is 8.93. The number of carbonyl (C=O) groups is 1. The number of benzene rings is 3. The number of rotatable bonds is 5. The van der Waals surface area contributed by atoms with Gasteiger partial charge in [0, 0.05) is 8.59 Å². The van der Waals surface area contributed by atoms with Gasteiger partial charge in [0.05, 0.1) is 10.6 Å². The molecule has 1 aliphatic heterocycles. The van der Waals surface area contributed by atoms with Crippen LogP contribution in [0.15, 0.2) is 77.4 Å². The first-order valence-corrected chi connectivity index (χ1v) is 10.8. The molecule has 3 aromatic carbocycles. The Kier molecular flexibility index (Phi) is 6.41. The van der Waals surface area contributed by atoms with Crippen LogP contribution >= 0.6 is 45.8 Å². The van der Waals surface area contributed by atoms with Crippen LogP contribution in [-0.2, 0) is 16.1 Å². The van der Waals surface area contributed by atoms with E-state index in [0.717, 1.165) is 14.7 Å². The summed E-state index contributed by atoms with van der Waals surface area (Å²) >= 11 is 14.4. The molecule has 1 heterocycles. The molecule has 0 atom stereocenters. The van der Waals surface area contributed by atoms with Crippen molar-refractivity contribution in [2.45, 2.75) is 6.61 Å². The van der Waals surface area contributed by atoms with Crippen LogP contribution in [-0.4, -0.2) is 11.9 Å². The third kappa shape index (κ3) is 5.03. The topological polar surface area (TPSA) is 47.9 Å². The fourth-order valence-electron chi connectivity index (χ4n) is 2.83. The Morgan fingerprint density at radius 1 is 1.03 bits per heavy atom. The molecule has 150 valence electrons. The van der Waals surface area contributed by atoms with E-state index in [1.165, 1.54) is 0 Å². The van der Waals surface area contributed by atoms with Gasteiger partial charge in [0.1, 0.15) is 12.4 Å². The molecule has 0 aromatic heterocycles. The normalized spacial score (nSPS) is 14.6. The van der Waals surface area contributed by atoms with Crippen LogP contribution in [0.5, 0.6) is 5.75 Å². The lowest BCUT2D eigenvalue weighted by Gasteiger charge is -2.07. The predicted octanol–water partition coefficient (Wildman–Crippen LogP) is 6.52. The molecular formula is C23H14Cl2INO3. The van der Waals surface area contributed by atoms with Gasteiger partial charge < -0.3 is 9.47 Å². The summed E-state index contributed by atoms with van der Waals surface area (Å²) in [5, 5.41) is 0.854. The molecule has 0 saturated carbocycles. The highest BCUT2D eigenvalue weighted by molar-refractivity contribution is 14.1. The van der Waals surface area contributed by atoms with E-state index in [4.69, 9.17) is 32.7 Å². The maximum absolute atomic E-state index is 12.3. The first kappa shape index (κ1) is 20.9. The second kappa shape index (κ2) is 9.20. The molecule has 0 N–H and O–H groups in total. The van der Waals surface area contributed by atoms with Crippen LogP contribution < -0.4 is 4.74 Å². The van der Waals surface area contributed by atoms with Crippen molar-refractivity contribution >= 4 is 63.7 Å². The number of nitrogens with zero attached hydrogens (tertiary/aromatic N) is 1. The zero-order valence-corrected chi connectivity index (χ0v) is 19.1. The highest BCUT2D eigenvalue weighted by Crippen LogP contribution is 2.27. The molecule has 30 heavy (non-hydrogen) atoms. The van der Waals surface area contributed by atoms with Crippen molar-refractivity contribution in [3.63, 3.8) is 0 Å². The number of ether oxygens (including phenoxy) is 2. The lowest BCUT2D eigenvalue weighted by Crippen LogP contribution is -2.05. The molecule has 0 bridgehead atoms. The summed E-state index contributed by atoms with van der Waals surface area (Å²) in [6, 6.07) is 20.4. The van der Waals surface area contributed by atoms with E-state index in [1.807, 2.05) is 42.5 Å². The molecule has 0 unspecified atom stereocenters.